The van der Waals surface area contributed by atoms with Crippen molar-refractivity contribution in [3.63, 3.8) is 0 Å². The lowest BCUT2D eigenvalue weighted by molar-refractivity contribution is 0.503. The van der Waals surface area contributed by atoms with Gasteiger partial charge in [-0.25, -0.2) is 0 Å². The Kier molecular flexibility index (Phi) is 4.22. The third kappa shape index (κ3) is 3.15. The Morgan fingerprint density at radius 2 is 2.16 bits per heavy atom. The highest BCUT2D eigenvalue weighted by Gasteiger charge is 2.13. The molecule has 19 heavy (non-hydrogen) atoms. The molecule has 0 atom stereocenters. The highest BCUT2D eigenvalue weighted by Crippen LogP contribution is 2.24. The van der Waals surface area contributed by atoms with Crippen LogP contribution in [-0.4, -0.2) is 11.5 Å². The number of anilines is 1. The van der Waals surface area contributed by atoms with Gasteiger partial charge in [0, 0.05) is 17.8 Å². The van der Waals surface area contributed by atoms with Gasteiger partial charge in [-0.1, -0.05) is 18.3 Å². The number of nitrogens with two attached hydrogens (primary N) is 1. The van der Waals surface area contributed by atoms with Crippen LogP contribution < -0.4 is 10.6 Å². The number of hydrogen-bond acceptors (Lipinski definition) is 3. The Morgan fingerprint density at radius 3 is 2.74 bits per heavy atom. The molecule has 100 valence electrons. The van der Waals surface area contributed by atoms with Gasteiger partial charge in [0.25, 0.3) is 0 Å². The molecular weight excluding hydrogens is 256 g/mol. The van der Waals surface area contributed by atoms with Gasteiger partial charge in [0.15, 0.2) is 0 Å². The molecule has 2 rings (SSSR count). The largest absolute Gasteiger partial charge is 0.467 e. The summed E-state index contributed by atoms with van der Waals surface area (Å²) in [5.41, 5.74) is 8.97. The van der Waals surface area contributed by atoms with Gasteiger partial charge in [0.1, 0.15) is 10.7 Å². The molecule has 0 amide bonds. The van der Waals surface area contributed by atoms with Gasteiger partial charge < -0.3 is 15.1 Å². The maximum atomic E-state index is 5.81. The lowest BCUT2D eigenvalue weighted by Crippen LogP contribution is -2.25. The number of thiocarbonyl (C=S) groups is 1. The minimum absolute atomic E-state index is 0.424. The van der Waals surface area contributed by atoms with E-state index < -0.39 is 0 Å². The minimum atomic E-state index is 0.424. The molecule has 0 radical (unpaired) electrons. The Morgan fingerprint density at radius 1 is 1.37 bits per heavy atom. The van der Waals surface area contributed by atoms with Crippen LogP contribution in [0.1, 0.15) is 23.8 Å². The van der Waals surface area contributed by atoms with E-state index in [2.05, 4.69) is 24.8 Å². The standard InChI is InChI=1S/C15H18N2OS/c1-3-17(10-12-5-4-8-18-12)14-9-11(2)6-7-13(14)15(16)19/h4-9H,3,10H2,1-2H3,(H2,16,19). The third-order valence-electron chi connectivity index (χ3n) is 3.07. The number of rotatable bonds is 5. The zero-order valence-corrected chi connectivity index (χ0v) is 12.0. The molecule has 3 nitrogen and oxygen atoms in total. The van der Waals surface area contributed by atoms with Gasteiger partial charge in [0.2, 0.25) is 0 Å². The van der Waals surface area contributed by atoms with Crippen LogP contribution in [0.3, 0.4) is 0 Å². The molecule has 1 heterocycles. The van der Waals surface area contributed by atoms with Crippen molar-refractivity contribution in [1.82, 2.24) is 0 Å². The van der Waals surface area contributed by atoms with E-state index in [0.29, 0.717) is 11.5 Å². The predicted octanol–water partition coefficient (Wildman–Crippen LogP) is 3.25. The fraction of sp³-hybridized carbons (Fsp3) is 0.267. The molecule has 4 heteroatoms. The first-order chi connectivity index (χ1) is 9.11. The normalized spacial score (nSPS) is 10.4. The van der Waals surface area contributed by atoms with E-state index in [0.717, 1.165) is 23.6 Å². The van der Waals surface area contributed by atoms with Crippen LogP contribution in [0.25, 0.3) is 0 Å². The summed E-state index contributed by atoms with van der Waals surface area (Å²) in [6.45, 7) is 5.74. The SMILES string of the molecule is CCN(Cc1ccco1)c1cc(C)ccc1C(N)=S. The second kappa shape index (κ2) is 5.89. The predicted molar refractivity (Wildman–Crippen MR) is 82.5 cm³/mol. The second-order valence-corrected chi connectivity index (χ2v) is 4.92. The highest BCUT2D eigenvalue weighted by atomic mass is 32.1. The van der Waals surface area contributed by atoms with Crippen LogP contribution in [-0.2, 0) is 6.54 Å². The van der Waals surface area contributed by atoms with E-state index in [-0.39, 0.29) is 0 Å². The summed E-state index contributed by atoms with van der Waals surface area (Å²) in [4.78, 5) is 2.63. The summed E-state index contributed by atoms with van der Waals surface area (Å²) >= 11 is 5.14. The smallest absolute Gasteiger partial charge is 0.123 e. The average molecular weight is 274 g/mol. The molecule has 0 saturated carbocycles. The zero-order chi connectivity index (χ0) is 13.8. The fourth-order valence-corrected chi connectivity index (χ4v) is 2.24. The van der Waals surface area contributed by atoms with Crippen molar-refractivity contribution in [2.45, 2.75) is 20.4 Å². The molecular formula is C15H18N2OS. The number of furan rings is 1. The van der Waals surface area contributed by atoms with Crippen molar-refractivity contribution >= 4 is 22.9 Å². The van der Waals surface area contributed by atoms with Crippen LogP contribution >= 0.6 is 12.2 Å². The maximum Gasteiger partial charge on any atom is 0.123 e. The molecule has 2 N–H and O–H groups in total. The van der Waals surface area contributed by atoms with Crippen molar-refractivity contribution in [2.75, 3.05) is 11.4 Å². The molecule has 0 aliphatic carbocycles. The van der Waals surface area contributed by atoms with E-state index in [1.807, 2.05) is 24.3 Å². The van der Waals surface area contributed by atoms with Gasteiger partial charge in [-0.05, 0) is 43.7 Å². The van der Waals surface area contributed by atoms with Gasteiger partial charge in [-0.2, -0.15) is 0 Å². The van der Waals surface area contributed by atoms with E-state index >= 15 is 0 Å². The lowest BCUT2D eigenvalue weighted by Gasteiger charge is -2.25. The lowest BCUT2D eigenvalue weighted by atomic mass is 10.1. The van der Waals surface area contributed by atoms with E-state index in [9.17, 15) is 0 Å². The molecule has 0 spiro atoms. The minimum Gasteiger partial charge on any atom is -0.467 e. The summed E-state index contributed by atoms with van der Waals surface area (Å²) in [7, 11) is 0. The van der Waals surface area contributed by atoms with Crippen LogP contribution in [0, 0.1) is 6.92 Å². The third-order valence-corrected chi connectivity index (χ3v) is 3.29. The van der Waals surface area contributed by atoms with Gasteiger partial charge in [-0.15, -0.1) is 0 Å². The summed E-state index contributed by atoms with van der Waals surface area (Å²) in [6.07, 6.45) is 1.69. The van der Waals surface area contributed by atoms with Crippen LogP contribution in [0.5, 0.6) is 0 Å². The highest BCUT2D eigenvalue weighted by molar-refractivity contribution is 7.80. The van der Waals surface area contributed by atoms with Crippen molar-refractivity contribution in [2.24, 2.45) is 5.73 Å². The summed E-state index contributed by atoms with van der Waals surface area (Å²) in [6, 6.07) is 9.99. The van der Waals surface area contributed by atoms with Crippen molar-refractivity contribution in [3.8, 4) is 0 Å². The monoisotopic (exact) mass is 274 g/mol. The second-order valence-electron chi connectivity index (χ2n) is 4.48. The molecule has 0 fully saturated rings. The van der Waals surface area contributed by atoms with E-state index in [1.54, 1.807) is 6.26 Å². The molecule has 0 aliphatic heterocycles. The fourth-order valence-electron chi connectivity index (χ4n) is 2.07. The first-order valence-electron chi connectivity index (χ1n) is 6.29. The van der Waals surface area contributed by atoms with Crippen molar-refractivity contribution in [3.05, 3.63) is 53.5 Å². The quantitative estimate of drug-likeness (QED) is 0.850. The maximum absolute atomic E-state index is 5.81. The zero-order valence-electron chi connectivity index (χ0n) is 11.2. The first-order valence-corrected chi connectivity index (χ1v) is 6.70. The summed E-state index contributed by atoms with van der Waals surface area (Å²) in [5, 5.41) is 0. The van der Waals surface area contributed by atoms with Gasteiger partial charge in [-0.3, -0.25) is 0 Å². The van der Waals surface area contributed by atoms with Crippen LogP contribution in [0.15, 0.2) is 41.0 Å². The van der Waals surface area contributed by atoms with Crippen molar-refractivity contribution < 1.29 is 4.42 Å². The molecule has 1 aromatic carbocycles. The Balaban J connectivity index is 2.36. The van der Waals surface area contributed by atoms with Crippen LogP contribution in [0.2, 0.25) is 0 Å². The number of benzene rings is 1. The van der Waals surface area contributed by atoms with Crippen LogP contribution in [0.4, 0.5) is 5.69 Å². The van der Waals surface area contributed by atoms with Gasteiger partial charge in [0.05, 0.1) is 12.8 Å². The van der Waals surface area contributed by atoms with E-state index in [4.69, 9.17) is 22.4 Å². The molecule has 2 aromatic rings. The molecule has 1 aromatic heterocycles. The number of hydrogen-bond donors (Lipinski definition) is 1. The van der Waals surface area contributed by atoms with E-state index in [1.165, 1.54) is 5.56 Å². The Bertz CT molecular complexity index is 564. The molecule has 0 saturated heterocycles. The first kappa shape index (κ1) is 13.6. The number of aryl methyl sites for hydroxylation is 1. The van der Waals surface area contributed by atoms with Gasteiger partial charge >= 0.3 is 0 Å². The summed E-state index contributed by atoms with van der Waals surface area (Å²) in [5.74, 6) is 0.928. The Labute approximate surface area is 119 Å². The number of nitrogens with zero attached hydrogens (tertiary/aromatic N) is 1. The average Bonchev–Trinajstić information content (AvgIpc) is 2.88. The van der Waals surface area contributed by atoms with Crippen molar-refractivity contribution in [1.29, 1.82) is 0 Å². The molecule has 0 unspecified atom stereocenters. The summed E-state index contributed by atoms with van der Waals surface area (Å²) < 4.78 is 5.41. The molecule has 0 aliphatic rings. The molecule has 0 bridgehead atoms. The topological polar surface area (TPSA) is 42.4 Å². The Hall–Kier alpha value is -1.81.